The van der Waals surface area contributed by atoms with Gasteiger partial charge < -0.3 is 5.11 Å². The molecule has 2 rings (SSSR count). The smallest absolute Gasteiger partial charge is 0.317 e. The van der Waals surface area contributed by atoms with Crippen molar-refractivity contribution < 1.29 is 14.8 Å². The summed E-state index contributed by atoms with van der Waals surface area (Å²) in [4.78, 5) is 25.2. The Labute approximate surface area is 126 Å². The van der Waals surface area contributed by atoms with Gasteiger partial charge in [0, 0.05) is 38.8 Å². The largest absolute Gasteiger partial charge is 0.480 e. The number of nitrogens with zero attached hydrogens (tertiary/aromatic N) is 3. The second-order valence-corrected chi connectivity index (χ2v) is 5.35. The number of rotatable bonds is 5. The summed E-state index contributed by atoms with van der Waals surface area (Å²) in [6, 6.07) is 4.65. The van der Waals surface area contributed by atoms with Crippen LogP contribution in [0.3, 0.4) is 0 Å². The van der Waals surface area contributed by atoms with Crippen molar-refractivity contribution >= 4 is 23.3 Å². The molecule has 1 aromatic rings. The van der Waals surface area contributed by atoms with E-state index < -0.39 is 10.9 Å². The Bertz CT molecular complexity index is 544. The molecule has 0 bridgehead atoms. The van der Waals surface area contributed by atoms with E-state index in [1.807, 2.05) is 9.80 Å². The summed E-state index contributed by atoms with van der Waals surface area (Å²) in [5, 5.41) is 20.2. The van der Waals surface area contributed by atoms with Crippen LogP contribution < -0.4 is 0 Å². The Balaban J connectivity index is 2.01. The van der Waals surface area contributed by atoms with Crippen molar-refractivity contribution in [2.75, 3.05) is 32.7 Å². The molecule has 0 atom stereocenters. The van der Waals surface area contributed by atoms with Crippen molar-refractivity contribution in [2.45, 2.75) is 6.54 Å². The molecule has 0 saturated carbocycles. The number of halogens is 1. The van der Waals surface area contributed by atoms with Crippen LogP contribution in [0.2, 0.25) is 5.02 Å². The summed E-state index contributed by atoms with van der Waals surface area (Å²) in [6.07, 6.45) is 0. The molecule has 0 spiro atoms. The number of nitro benzene ring substituents is 1. The molecule has 8 heteroatoms. The van der Waals surface area contributed by atoms with E-state index in [4.69, 9.17) is 16.7 Å². The third kappa shape index (κ3) is 4.13. The Morgan fingerprint density at radius 1 is 1.29 bits per heavy atom. The summed E-state index contributed by atoms with van der Waals surface area (Å²) < 4.78 is 0. The van der Waals surface area contributed by atoms with Gasteiger partial charge in [-0.3, -0.25) is 24.7 Å². The molecule has 1 aromatic carbocycles. The fraction of sp³-hybridized carbons (Fsp3) is 0.462. The summed E-state index contributed by atoms with van der Waals surface area (Å²) in [5.74, 6) is -0.842. The summed E-state index contributed by atoms with van der Waals surface area (Å²) >= 11 is 6.07. The molecule has 0 unspecified atom stereocenters. The molecule has 1 N–H and O–H groups in total. The van der Waals surface area contributed by atoms with Crippen molar-refractivity contribution in [1.82, 2.24) is 9.80 Å². The highest BCUT2D eigenvalue weighted by Gasteiger charge is 2.23. The zero-order valence-electron chi connectivity index (χ0n) is 11.4. The first-order valence-electron chi connectivity index (χ1n) is 6.55. The van der Waals surface area contributed by atoms with Crippen LogP contribution in [0.1, 0.15) is 5.56 Å². The number of piperazine rings is 1. The topological polar surface area (TPSA) is 86.9 Å². The molecule has 114 valence electrons. The molecule has 21 heavy (non-hydrogen) atoms. The number of carbonyl (C=O) groups is 1. The van der Waals surface area contributed by atoms with Gasteiger partial charge in [0.25, 0.3) is 5.69 Å². The molecule has 1 aliphatic heterocycles. The number of aliphatic carboxylic acids is 1. The Kier molecular flexibility index (Phi) is 5.11. The van der Waals surface area contributed by atoms with Crippen LogP contribution in [0.4, 0.5) is 5.69 Å². The number of nitro groups is 1. The molecule has 0 amide bonds. The highest BCUT2D eigenvalue weighted by atomic mass is 35.5. The first-order valence-corrected chi connectivity index (χ1v) is 6.93. The van der Waals surface area contributed by atoms with E-state index in [0.717, 1.165) is 0 Å². The number of carboxylic acids is 1. The average Bonchev–Trinajstić information content (AvgIpc) is 2.42. The van der Waals surface area contributed by atoms with Gasteiger partial charge in [-0.2, -0.15) is 0 Å². The van der Waals surface area contributed by atoms with E-state index in [-0.39, 0.29) is 12.2 Å². The molecular formula is C13H16ClN3O4. The SMILES string of the molecule is O=C(O)CN1CCN(Cc2c(Cl)cccc2[N+](=O)[O-])CC1. The number of carboxylic acid groups (broad SMARTS) is 1. The second-order valence-electron chi connectivity index (χ2n) is 4.94. The maximum atomic E-state index is 11.0. The first kappa shape index (κ1) is 15.7. The predicted molar refractivity (Wildman–Crippen MR) is 77.5 cm³/mol. The van der Waals surface area contributed by atoms with Crippen LogP contribution in [0, 0.1) is 10.1 Å². The maximum Gasteiger partial charge on any atom is 0.317 e. The van der Waals surface area contributed by atoms with Gasteiger partial charge in [0.2, 0.25) is 0 Å². The van der Waals surface area contributed by atoms with Gasteiger partial charge in [-0.25, -0.2) is 0 Å². The Morgan fingerprint density at radius 2 is 1.90 bits per heavy atom. The normalized spacial score (nSPS) is 16.8. The van der Waals surface area contributed by atoms with Gasteiger partial charge in [0.05, 0.1) is 22.1 Å². The third-order valence-corrected chi connectivity index (χ3v) is 3.85. The quantitative estimate of drug-likeness (QED) is 0.654. The number of benzene rings is 1. The van der Waals surface area contributed by atoms with Crippen LogP contribution in [-0.2, 0) is 11.3 Å². The first-order chi connectivity index (χ1) is 9.97. The van der Waals surface area contributed by atoms with Crippen LogP contribution in [0.25, 0.3) is 0 Å². The molecule has 7 nitrogen and oxygen atoms in total. The monoisotopic (exact) mass is 313 g/mol. The lowest BCUT2D eigenvalue weighted by Crippen LogP contribution is -2.47. The molecule has 1 saturated heterocycles. The van der Waals surface area contributed by atoms with Gasteiger partial charge in [-0.15, -0.1) is 0 Å². The fourth-order valence-electron chi connectivity index (χ4n) is 2.40. The summed E-state index contributed by atoms with van der Waals surface area (Å²) in [5.41, 5.74) is 0.534. The average molecular weight is 314 g/mol. The minimum atomic E-state index is -0.842. The third-order valence-electron chi connectivity index (χ3n) is 3.50. The second kappa shape index (κ2) is 6.84. The van der Waals surface area contributed by atoms with E-state index in [1.54, 1.807) is 12.1 Å². The van der Waals surface area contributed by atoms with Gasteiger partial charge in [0.15, 0.2) is 0 Å². The highest BCUT2D eigenvalue weighted by molar-refractivity contribution is 6.31. The molecule has 0 radical (unpaired) electrons. The van der Waals surface area contributed by atoms with E-state index in [9.17, 15) is 14.9 Å². The lowest BCUT2D eigenvalue weighted by Gasteiger charge is -2.33. The van der Waals surface area contributed by atoms with Crippen LogP contribution in [0.15, 0.2) is 18.2 Å². The molecule has 0 aliphatic carbocycles. The van der Waals surface area contributed by atoms with Gasteiger partial charge in [-0.1, -0.05) is 17.7 Å². The van der Waals surface area contributed by atoms with Crippen molar-refractivity contribution in [3.8, 4) is 0 Å². The molecule has 1 aliphatic rings. The Hall–Kier alpha value is -1.70. The fourth-order valence-corrected chi connectivity index (χ4v) is 2.62. The minimum absolute atomic E-state index is 0.0236. The van der Waals surface area contributed by atoms with E-state index >= 15 is 0 Å². The van der Waals surface area contributed by atoms with Gasteiger partial charge in [0.1, 0.15) is 0 Å². The summed E-state index contributed by atoms with van der Waals surface area (Å²) in [6.45, 7) is 3.01. The van der Waals surface area contributed by atoms with Crippen LogP contribution in [0.5, 0.6) is 0 Å². The Morgan fingerprint density at radius 3 is 2.48 bits per heavy atom. The molecule has 1 fully saturated rings. The van der Waals surface area contributed by atoms with Crippen molar-refractivity contribution in [3.05, 3.63) is 38.9 Å². The van der Waals surface area contributed by atoms with Crippen molar-refractivity contribution in [3.63, 3.8) is 0 Å². The van der Waals surface area contributed by atoms with E-state index in [2.05, 4.69) is 0 Å². The standard InChI is InChI=1S/C13H16ClN3O4/c14-11-2-1-3-12(17(20)21)10(11)8-15-4-6-16(7-5-15)9-13(18)19/h1-3H,4-9H2,(H,18,19). The maximum absolute atomic E-state index is 11.0. The van der Waals surface area contributed by atoms with Crippen molar-refractivity contribution in [1.29, 1.82) is 0 Å². The highest BCUT2D eigenvalue weighted by Crippen LogP contribution is 2.27. The van der Waals surface area contributed by atoms with Crippen LogP contribution >= 0.6 is 11.6 Å². The minimum Gasteiger partial charge on any atom is -0.480 e. The molecular weight excluding hydrogens is 298 g/mol. The number of hydrogen-bond acceptors (Lipinski definition) is 5. The zero-order valence-corrected chi connectivity index (χ0v) is 12.1. The van der Waals surface area contributed by atoms with E-state index in [1.165, 1.54) is 6.07 Å². The molecule has 1 heterocycles. The van der Waals surface area contributed by atoms with E-state index in [0.29, 0.717) is 43.3 Å². The zero-order chi connectivity index (χ0) is 15.4. The predicted octanol–water partition coefficient (Wildman–Crippen LogP) is 1.45. The van der Waals surface area contributed by atoms with Crippen molar-refractivity contribution in [2.24, 2.45) is 0 Å². The lowest BCUT2D eigenvalue weighted by molar-refractivity contribution is -0.385. The van der Waals surface area contributed by atoms with Crippen LogP contribution in [-0.4, -0.2) is 58.5 Å². The molecule has 0 aromatic heterocycles. The van der Waals surface area contributed by atoms with Gasteiger partial charge >= 0.3 is 5.97 Å². The van der Waals surface area contributed by atoms with Gasteiger partial charge in [-0.05, 0) is 6.07 Å². The number of hydrogen-bond donors (Lipinski definition) is 1. The lowest BCUT2D eigenvalue weighted by atomic mass is 10.1. The summed E-state index contributed by atoms with van der Waals surface area (Å²) in [7, 11) is 0.